The first-order valence-electron chi connectivity index (χ1n) is 2.65. The van der Waals surface area contributed by atoms with Crippen LogP contribution in [0, 0.1) is 0 Å². The third-order valence-corrected chi connectivity index (χ3v) is 1.72. The molecule has 0 aromatic heterocycles. The fourth-order valence-electron chi connectivity index (χ4n) is 0.349. The molecule has 0 N–H and O–H groups in total. The van der Waals surface area contributed by atoms with Crippen LogP contribution in [0.15, 0.2) is 0 Å². The van der Waals surface area contributed by atoms with Crippen molar-refractivity contribution in [2.24, 2.45) is 0 Å². The van der Waals surface area contributed by atoms with Gasteiger partial charge in [-0.15, -0.1) is 0 Å². The summed E-state index contributed by atoms with van der Waals surface area (Å²) in [6.07, 6.45) is 0. The molecular weight excluding hydrogens is 227 g/mol. The summed E-state index contributed by atoms with van der Waals surface area (Å²) < 4.78 is 77.1. The first-order chi connectivity index (χ1) is 4.96. The molecule has 0 aromatic rings. The number of hydrogen-bond acceptors (Lipinski definition) is 3. The molecule has 3 nitrogen and oxygen atoms in total. The van der Waals surface area contributed by atoms with Crippen LogP contribution in [-0.4, -0.2) is 30.6 Å². The van der Waals surface area contributed by atoms with E-state index >= 15 is 0 Å². The van der Waals surface area contributed by atoms with E-state index in [4.69, 9.17) is 0 Å². The summed E-state index contributed by atoms with van der Waals surface area (Å²) >= 11 is 0. The molecule has 0 rings (SSSR count). The molecule has 9 heteroatoms. The predicted molar refractivity (Wildman–Crippen MR) is 30.1 cm³/mol. The van der Waals surface area contributed by atoms with Gasteiger partial charge in [-0.25, -0.2) is 17.2 Å². The molecule has 0 bridgehead atoms. The van der Waals surface area contributed by atoms with E-state index in [1.165, 1.54) is 0 Å². The van der Waals surface area contributed by atoms with Crippen LogP contribution in [0.25, 0.3) is 0 Å². The van der Waals surface area contributed by atoms with Gasteiger partial charge in [-0.2, -0.15) is 8.78 Å². The smallest absolute Gasteiger partial charge is 0.748 e. The van der Waals surface area contributed by atoms with E-state index in [-0.39, 0.29) is 36.5 Å². The minimum atomic E-state index is -5.34. The molecule has 0 aliphatic carbocycles. The third kappa shape index (κ3) is 5.84. The Labute approximate surface area is 94.5 Å². The van der Waals surface area contributed by atoms with Gasteiger partial charge in [0.05, 0.1) is 0 Å². The second-order valence-corrected chi connectivity index (χ2v) is 3.70. The maximum absolute atomic E-state index is 12.1. The first kappa shape index (κ1) is 16.1. The third-order valence-electron chi connectivity index (χ3n) is 1.00. The van der Waals surface area contributed by atoms with Gasteiger partial charge in [-0.05, 0) is 0 Å². The van der Waals surface area contributed by atoms with Crippen molar-refractivity contribution in [3.8, 4) is 0 Å². The summed E-state index contributed by atoms with van der Waals surface area (Å²) in [5.41, 5.74) is 0. The summed E-state index contributed by atoms with van der Waals surface area (Å²) in [6.45, 7) is -0.155. The molecule has 0 spiro atoms. The SMILES string of the molecule is CC(F)(F)C(F)(F)CS(=O)(=O)[O-].[Na+]. The number of halogens is 4. The van der Waals surface area contributed by atoms with Crippen molar-refractivity contribution in [2.75, 3.05) is 5.75 Å². The van der Waals surface area contributed by atoms with Crippen molar-refractivity contribution in [1.82, 2.24) is 0 Å². The molecule has 0 aliphatic heterocycles. The predicted octanol–water partition coefficient (Wildman–Crippen LogP) is -2.17. The van der Waals surface area contributed by atoms with Gasteiger partial charge in [0.15, 0.2) is 0 Å². The molecule has 13 heavy (non-hydrogen) atoms. The molecular formula is C4H5F4NaO3S. The second-order valence-electron chi connectivity index (χ2n) is 2.29. The molecule has 0 atom stereocenters. The largest absolute Gasteiger partial charge is 1.00 e. The second kappa shape index (κ2) is 4.43. The fraction of sp³-hybridized carbons (Fsp3) is 1.00. The van der Waals surface area contributed by atoms with Crippen molar-refractivity contribution in [3.05, 3.63) is 0 Å². The van der Waals surface area contributed by atoms with Crippen LogP contribution < -0.4 is 29.6 Å². The summed E-state index contributed by atoms with van der Waals surface area (Å²) in [5, 5.41) is 0. The van der Waals surface area contributed by atoms with Crippen molar-refractivity contribution in [3.63, 3.8) is 0 Å². The van der Waals surface area contributed by atoms with Gasteiger partial charge >= 0.3 is 41.4 Å². The molecule has 0 saturated carbocycles. The molecule has 0 fully saturated rings. The normalized spacial score (nSPS) is 13.7. The number of rotatable bonds is 3. The Morgan fingerprint density at radius 1 is 1.23 bits per heavy atom. The molecule has 0 unspecified atom stereocenters. The van der Waals surface area contributed by atoms with E-state index in [0.717, 1.165) is 0 Å². The molecule has 74 valence electrons. The van der Waals surface area contributed by atoms with E-state index in [0.29, 0.717) is 0 Å². The van der Waals surface area contributed by atoms with E-state index in [2.05, 4.69) is 0 Å². The van der Waals surface area contributed by atoms with Gasteiger partial charge in [-0.1, -0.05) is 0 Å². The summed E-state index contributed by atoms with van der Waals surface area (Å²) in [4.78, 5) is 0. The number of alkyl halides is 4. The molecule has 0 heterocycles. The average molecular weight is 232 g/mol. The number of hydrogen-bond donors (Lipinski definition) is 0. The average Bonchev–Trinajstić information content (AvgIpc) is 1.52. The van der Waals surface area contributed by atoms with Crippen LogP contribution >= 0.6 is 0 Å². The topological polar surface area (TPSA) is 57.2 Å². The summed E-state index contributed by atoms with van der Waals surface area (Å²) in [5.74, 6) is -11.7. The van der Waals surface area contributed by atoms with Crippen molar-refractivity contribution < 1.29 is 60.1 Å². The standard InChI is InChI=1S/C4H6F4O3S.Na/c1-3(5,6)4(7,8)2-12(9,10)11;/h2H2,1H3,(H,9,10,11);/q;+1/p-1. The molecule has 0 radical (unpaired) electrons. The first-order valence-corrected chi connectivity index (χ1v) is 4.23. The van der Waals surface area contributed by atoms with Gasteiger partial charge in [0.25, 0.3) is 0 Å². The van der Waals surface area contributed by atoms with Crippen molar-refractivity contribution in [1.29, 1.82) is 0 Å². The molecule has 0 amide bonds. The summed E-state index contributed by atoms with van der Waals surface area (Å²) in [6, 6.07) is 0. The maximum atomic E-state index is 12.1. The Hall–Kier alpha value is 0.630. The van der Waals surface area contributed by atoms with Crippen LogP contribution in [0.3, 0.4) is 0 Å². The zero-order valence-electron chi connectivity index (χ0n) is 6.85. The van der Waals surface area contributed by atoms with Crippen LogP contribution in [0.5, 0.6) is 0 Å². The zero-order chi connectivity index (χ0) is 10.2. The Balaban J connectivity index is 0. The quantitative estimate of drug-likeness (QED) is 0.316. The van der Waals surface area contributed by atoms with Crippen LogP contribution in [-0.2, 0) is 10.1 Å². The van der Waals surface area contributed by atoms with Gasteiger partial charge in [0, 0.05) is 6.92 Å². The Bertz CT molecular complexity index is 257. The van der Waals surface area contributed by atoms with Crippen LogP contribution in [0.2, 0.25) is 0 Å². The Morgan fingerprint density at radius 2 is 1.54 bits per heavy atom. The summed E-state index contributed by atoms with van der Waals surface area (Å²) in [7, 11) is -5.34. The van der Waals surface area contributed by atoms with Gasteiger partial charge in [0.2, 0.25) is 0 Å². The van der Waals surface area contributed by atoms with Crippen molar-refractivity contribution >= 4 is 10.1 Å². The van der Waals surface area contributed by atoms with Crippen LogP contribution in [0.4, 0.5) is 17.6 Å². The van der Waals surface area contributed by atoms with E-state index in [1.807, 2.05) is 0 Å². The minimum absolute atomic E-state index is 0. The van der Waals surface area contributed by atoms with Crippen LogP contribution in [0.1, 0.15) is 6.92 Å². The molecule has 0 aliphatic rings. The van der Waals surface area contributed by atoms with Gasteiger partial charge in [0.1, 0.15) is 15.9 Å². The maximum Gasteiger partial charge on any atom is 1.00 e. The van der Waals surface area contributed by atoms with Gasteiger partial charge < -0.3 is 4.55 Å². The van der Waals surface area contributed by atoms with E-state index in [9.17, 15) is 30.5 Å². The van der Waals surface area contributed by atoms with E-state index in [1.54, 1.807) is 0 Å². The Kier molecular flexibility index (Phi) is 5.48. The van der Waals surface area contributed by atoms with Gasteiger partial charge in [-0.3, -0.25) is 0 Å². The van der Waals surface area contributed by atoms with Crippen molar-refractivity contribution in [2.45, 2.75) is 18.8 Å². The minimum Gasteiger partial charge on any atom is -0.748 e. The van der Waals surface area contributed by atoms with E-state index < -0.39 is 27.7 Å². The monoisotopic (exact) mass is 232 g/mol. The molecule has 0 aromatic carbocycles. The molecule has 0 saturated heterocycles. The zero-order valence-corrected chi connectivity index (χ0v) is 9.67. The fourth-order valence-corrected chi connectivity index (χ4v) is 1.05. The Morgan fingerprint density at radius 3 is 1.62 bits per heavy atom.